The van der Waals surface area contributed by atoms with Gasteiger partial charge in [0.15, 0.2) is 5.57 Å². The van der Waals surface area contributed by atoms with Gasteiger partial charge in [0.25, 0.3) is 5.79 Å². The van der Waals surface area contributed by atoms with E-state index in [4.69, 9.17) is 9.47 Å². The van der Waals surface area contributed by atoms with E-state index in [1.54, 1.807) is 0 Å². The molecule has 1 fully saturated rings. The molecule has 3 rings (SSSR count). The second-order valence-electron chi connectivity index (χ2n) is 5.45. The third-order valence-corrected chi connectivity index (χ3v) is 4.04. The molecule has 1 aromatic heterocycles. The van der Waals surface area contributed by atoms with Crippen LogP contribution in [0.15, 0.2) is 53.6 Å². The van der Waals surface area contributed by atoms with Crippen molar-refractivity contribution < 1.29 is 19.1 Å². The molecule has 0 spiro atoms. The van der Waals surface area contributed by atoms with Gasteiger partial charge in [0, 0.05) is 25.4 Å². The Morgan fingerprint density at radius 1 is 1.04 bits per heavy atom. The van der Waals surface area contributed by atoms with E-state index >= 15 is 0 Å². The molecule has 0 bridgehead atoms. The number of anilines is 1. The molecular formula is C17H15NO4S. The van der Waals surface area contributed by atoms with Crippen molar-refractivity contribution in [3.05, 3.63) is 53.6 Å². The summed E-state index contributed by atoms with van der Waals surface area (Å²) in [6.07, 6.45) is 1.32. The van der Waals surface area contributed by atoms with Gasteiger partial charge in [-0.25, -0.2) is 9.59 Å². The summed E-state index contributed by atoms with van der Waals surface area (Å²) in [7, 11) is 0. The summed E-state index contributed by atoms with van der Waals surface area (Å²) in [5.41, 5.74) is 2.01. The maximum atomic E-state index is 11.8. The molecular weight excluding hydrogens is 314 g/mol. The molecule has 1 aliphatic rings. The Morgan fingerprint density at radius 2 is 1.70 bits per heavy atom. The van der Waals surface area contributed by atoms with Crippen LogP contribution in [0.1, 0.15) is 13.8 Å². The van der Waals surface area contributed by atoms with Crippen LogP contribution in [0.3, 0.4) is 0 Å². The van der Waals surface area contributed by atoms with Crippen LogP contribution < -0.4 is 5.32 Å². The minimum atomic E-state index is -1.23. The fraction of sp³-hybridized carbons (Fsp3) is 0.176. The summed E-state index contributed by atoms with van der Waals surface area (Å²) in [4.78, 5) is 23.7. The maximum Gasteiger partial charge on any atom is 0.350 e. The molecule has 0 saturated carbocycles. The second kappa shape index (κ2) is 5.89. The lowest BCUT2D eigenvalue weighted by molar-refractivity contribution is -0.222. The predicted molar refractivity (Wildman–Crippen MR) is 87.7 cm³/mol. The average Bonchev–Trinajstić information content (AvgIpc) is 2.95. The average molecular weight is 329 g/mol. The number of hydrogen-bond acceptors (Lipinski definition) is 6. The van der Waals surface area contributed by atoms with E-state index in [0.29, 0.717) is 0 Å². The number of ether oxygens (including phenoxy) is 2. The number of benzene rings is 1. The monoisotopic (exact) mass is 329 g/mol. The van der Waals surface area contributed by atoms with Gasteiger partial charge in [0.1, 0.15) is 0 Å². The van der Waals surface area contributed by atoms with E-state index in [1.165, 1.54) is 31.4 Å². The van der Waals surface area contributed by atoms with Crippen LogP contribution in [0.2, 0.25) is 0 Å². The highest BCUT2D eigenvalue weighted by Crippen LogP contribution is 2.29. The molecule has 1 aliphatic heterocycles. The van der Waals surface area contributed by atoms with Crippen molar-refractivity contribution >= 4 is 28.3 Å². The van der Waals surface area contributed by atoms with Crippen LogP contribution in [-0.2, 0) is 19.1 Å². The molecule has 118 valence electrons. The topological polar surface area (TPSA) is 64.6 Å². The van der Waals surface area contributed by atoms with E-state index < -0.39 is 17.7 Å². The van der Waals surface area contributed by atoms with E-state index in [2.05, 4.69) is 5.32 Å². The molecule has 0 amide bonds. The molecule has 1 saturated heterocycles. The minimum Gasteiger partial charge on any atom is -0.419 e. The molecule has 0 unspecified atom stereocenters. The molecule has 23 heavy (non-hydrogen) atoms. The van der Waals surface area contributed by atoms with Gasteiger partial charge in [-0.2, -0.15) is 0 Å². The summed E-state index contributed by atoms with van der Waals surface area (Å²) in [5, 5.41) is 5.75. The number of cyclic esters (lactones) is 2. The van der Waals surface area contributed by atoms with Crippen LogP contribution >= 0.6 is 11.3 Å². The van der Waals surface area contributed by atoms with Crippen LogP contribution in [0.4, 0.5) is 5.00 Å². The Balaban J connectivity index is 1.75. The van der Waals surface area contributed by atoms with E-state index in [0.717, 1.165) is 16.1 Å². The summed E-state index contributed by atoms with van der Waals surface area (Å²) in [5.74, 6) is -2.62. The third kappa shape index (κ3) is 3.43. The summed E-state index contributed by atoms with van der Waals surface area (Å²) in [6, 6.07) is 11.9. The van der Waals surface area contributed by atoms with Gasteiger partial charge >= 0.3 is 11.9 Å². The molecule has 1 aromatic carbocycles. The van der Waals surface area contributed by atoms with Gasteiger partial charge in [0.05, 0.1) is 5.00 Å². The molecule has 0 radical (unpaired) electrons. The smallest absolute Gasteiger partial charge is 0.350 e. The van der Waals surface area contributed by atoms with Crippen molar-refractivity contribution in [3.8, 4) is 11.1 Å². The standard InChI is InChI=1S/C17H15NO4S/c1-17(2)21-15(19)13(16(20)22-17)9-18-14-8-12(10-23-14)11-6-4-3-5-7-11/h3-10,18H,1-2H3. The number of carbonyl (C=O) groups excluding carboxylic acids is 2. The highest BCUT2D eigenvalue weighted by atomic mass is 32.1. The fourth-order valence-electron chi connectivity index (χ4n) is 2.12. The van der Waals surface area contributed by atoms with E-state index in [9.17, 15) is 9.59 Å². The minimum absolute atomic E-state index is 0.154. The first-order valence-electron chi connectivity index (χ1n) is 7.02. The lowest BCUT2D eigenvalue weighted by Gasteiger charge is -2.29. The Morgan fingerprint density at radius 3 is 2.35 bits per heavy atom. The summed E-state index contributed by atoms with van der Waals surface area (Å²) in [6.45, 7) is 3.02. The molecule has 2 aromatic rings. The van der Waals surface area contributed by atoms with Gasteiger partial charge in [0.2, 0.25) is 0 Å². The molecule has 6 heteroatoms. The van der Waals surface area contributed by atoms with Crippen molar-refractivity contribution in [3.63, 3.8) is 0 Å². The Kier molecular flexibility index (Phi) is 3.92. The molecule has 2 heterocycles. The Hall–Kier alpha value is -2.60. The second-order valence-corrected chi connectivity index (χ2v) is 6.36. The predicted octanol–water partition coefficient (Wildman–Crippen LogP) is 3.55. The molecule has 0 aliphatic carbocycles. The highest BCUT2D eigenvalue weighted by Gasteiger charge is 2.38. The van der Waals surface area contributed by atoms with Gasteiger partial charge < -0.3 is 14.8 Å². The number of carbonyl (C=O) groups is 2. The van der Waals surface area contributed by atoms with Gasteiger partial charge in [-0.15, -0.1) is 11.3 Å². The fourth-order valence-corrected chi connectivity index (χ4v) is 2.90. The van der Waals surface area contributed by atoms with Crippen LogP contribution in [0.25, 0.3) is 11.1 Å². The SMILES string of the molecule is CC1(C)OC(=O)C(=CNc2cc(-c3ccccc3)cs2)C(=O)O1. The summed E-state index contributed by atoms with van der Waals surface area (Å²) >= 11 is 1.48. The van der Waals surface area contributed by atoms with Crippen molar-refractivity contribution in [2.24, 2.45) is 0 Å². The lowest BCUT2D eigenvalue weighted by atomic mass is 10.1. The van der Waals surface area contributed by atoms with E-state index in [-0.39, 0.29) is 5.57 Å². The zero-order valence-corrected chi connectivity index (χ0v) is 13.5. The summed E-state index contributed by atoms with van der Waals surface area (Å²) < 4.78 is 10.1. The number of thiophene rings is 1. The van der Waals surface area contributed by atoms with Crippen LogP contribution in [0.5, 0.6) is 0 Å². The normalized spacial score (nSPS) is 16.5. The van der Waals surface area contributed by atoms with Crippen LogP contribution in [0, 0.1) is 0 Å². The largest absolute Gasteiger partial charge is 0.419 e. The van der Waals surface area contributed by atoms with Gasteiger partial charge in [-0.1, -0.05) is 30.3 Å². The molecule has 5 nitrogen and oxygen atoms in total. The van der Waals surface area contributed by atoms with E-state index in [1.807, 2.05) is 41.8 Å². The third-order valence-electron chi connectivity index (χ3n) is 3.18. The zero-order valence-electron chi connectivity index (χ0n) is 12.7. The Labute approximate surface area is 137 Å². The zero-order chi connectivity index (χ0) is 16.4. The van der Waals surface area contributed by atoms with Gasteiger partial charge in [-0.3, -0.25) is 0 Å². The van der Waals surface area contributed by atoms with Crippen molar-refractivity contribution in [2.75, 3.05) is 5.32 Å². The number of hydrogen-bond donors (Lipinski definition) is 1. The number of esters is 2. The first-order valence-corrected chi connectivity index (χ1v) is 7.90. The van der Waals surface area contributed by atoms with Crippen molar-refractivity contribution in [1.29, 1.82) is 0 Å². The van der Waals surface area contributed by atoms with Crippen molar-refractivity contribution in [1.82, 2.24) is 0 Å². The maximum absolute atomic E-state index is 11.8. The highest BCUT2D eigenvalue weighted by molar-refractivity contribution is 7.14. The first-order chi connectivity index (χ1) is 10.9. The Bertz CT molecular complexity index is 755. The lowest BCUT2D eigenvalue weighted by Crippen LogP contribution is -2.42. The van der Waals surface area contributed by atoms with Crippen LogP contribution in [-0.4, -0.2) is 17.7 Å². The quantitative estimate of drug-likeness (QED) is 0.530. The van der Waals surface area contributed by atoms with Crippen molar-refractivity contribution in [2.45, 2.75) is 19.6 Å². The first kappa shape index (κ1) is 15.3. The van der Waals surface area contributed by atoms with Gasteiger partial charge in [-0.05, 0) is 17.2 Å². The molecule has 0 atom stereocenters. The molecule has 1 N–H and O–H groups in total. The number of rotatable bonds is 3. The number of nitrogens with one attached hydrogen (secondary N) is 1.